The molecule has 18 heavy (non-hydrogen) atoms. The third kappa shape index (κ3) is 2.70. The molecule has 2 aromatic rings. The summed E-state index contributed by atoms with van der Waals surface area (Å²) < 4.78 is 13.4. The van der Waals surface area contributed by atoms with Gasteiger partial charge in [0.05, 0.1) is 11.4 Å². The van der Waals surface area contributed by atoms with Gasteiger partial charge < -0.3 is 11.1 Å². The van der Waals surface area contributed by atoms with Crippen LogP contribution in [0.25, 0.3) is 0 Å². The van der Waals surface area contributed by atoms with Crippen LogP contribution in [-0.2, 0) is 6.54 Å². The quantitative estimate of drug-likeness (QED) is 0.868. The van der Waals surface area contributed by atoms with Gasteiger partial charge in [-0.15, -0.1) is 0 Å². The minimum Gasteiger partial charge on any atom is -0.325 e. The molecule has 0 radical (unpaired) electrons. The number of halogens is 1. The first kappa shape index (κ1) is 12.2. The molecule has 92 valence electrons. The predicted molar refractivity (Wildman–Crippen MR) is 66.5 cm³/mol. The van der Waals surface area contributed by atoms with Crippen LogP contribution in [0.4, 0.5) is 10.1 Å². The summed E-state index contributed by atoms with van der Waals surface area (Å²) in [6.45, 7) is 0.251. The number of rotatable bonds is 3. The molecule has 0 saturated heterocycles. The van der Waals surface area contributed by atoms with E-state index in [1.165, 1.54) is 18.3 Å². The van der Waals surface area contributed by atoms with Gasteiger partial charge in [-0.25, -0.2) is 4.39 Å². The molecule has 0 unspecified atom stereocenters. The number of amides is 1. The van der Waals surface area contributed by atoms with Crippen LogP contribution < -0.4 is 11.1 Å². The predicted octanol–water partition coefficient (Wildman–Crippen LogP) is 1.93. The van der Waals surface area contributed by atoms with Crippen molar-refractivity contribution in [3.05, 3.63) is 59.7 Å². The van der Waals surface area contributed by atoms with E-state index < -0.39 is 11.7 Å². The number of hydrogen-bond acceptors (Lipinski definition) is 3. The number of pyridine rings is 1. The van der Waals surface area contributed by atoms with Crippen molar-refractivity contribution in [1.29, 1.82) is 0 Å². The van der Waals surface area contributed by atoms with Crippen molar-refractivity contribution in [2.24, 2.45) is 5.73 Å². The smallest absolute Gasteiger partial charge is 0.255 e. The SMILES string of the molecule is NCc1cc(C(=O)Nc2ccccc2F)ccn1. The second-order valence-electron chi connectivity index (χ2n) is 3.67. The Labute approximate surface area is 104 Å². The molecule has 1 amide bonds. The van der Waals surface area contributed by atoms with E-state index in [2.05, 4.69) is 10.3 Å². The van der Waals surface area contributed by atoms with Crippen LogP contribution in [0.1, 0.15) is 16.1 Å². The maximum absolute atomic E-state index is 13.4. The molecule has 4 nitrogen and oxygen atoms in total. The minimum absolute atomic E-state index is 0.147. The molecule has 0 aliphatic carbocycles. The number of carbonyl (C=O) groups is 1. The van der Waals surface area contributed by atoms with Crippen molar-refractivity contribution in [3.8, 4) is 0 Å². The zero-order chi connectivity index (χ0) is 13.0. The van der Waals surface area contributed by atoms with Crippen LogP contribution >= 0.6 is 0 Å². The van der Waals surface area contributed by atoms with Gasteiger partial charge in [0.1, 0.15) is 5.82 Å². The lowest BCUT2D eigenvalue weighted by Crippen LogP contribution is -2.14. The van der Waals surface area contributed by atoms with Gasteiger partial charge in [-0.3, -0.25) is 9.78 Å². The van der Waals surface area contributed by atoms with E-state index in [9.17, 15) is 9.18 Å². The Morgan fingerprint density at radius 2 is 2.11 bits per heavy atom. The molecule has 2 rings (SSSR count). The first-order valence-corrected chi connectivity index (χ1v) is 5.41. The zero-order valence-corrected chi connectivity index (χ0v) is 9.56. The highest BCUT2D eigenvalue weighted by Crippen LogP contribution is 2.14. The van der Waals surface area contributed by atoms with Gasteiger partial charge in [-0.2, -0.15) is 0 Å². The van der Waals surface area contributed by atoms with Crippen LogP contribution in [0.2, 0.25) is 0 Å². The van der Waals surface area contributed by atoms with E-state index in [0.29, 0.717) is 11.3 Å². The van der Waals surface area contributed by atoms with Crippen molar-refractivity contribution in [3.63, 3.8) is 0 Å². The van der Waals surface area contributed by atoms with Gasteiger partial charge in [-0.05, 0) is 24.3 Å². The minimum atomic E-state index is -0.473. The fourth-order valence-electron chi connectivity index (χ4n) is 1.49. The number of benzene rings is 1. The lowest BCUT2D eigenvalue weighted by atomic mass is 10.2. The van der Waals surface area contributed by atoms with Gasteiger partial charge in [-0.1, -0.05) is 12.1 Å². The summed E-state index contributed by atoms with van der Waals surface area (Å²) in [5, 5.41) is 2.50. The second kappa shape index (κ2) is 5.37. The number of hydrogen-bond donors (Lipinski definition) is 2. The van der Waals surface area contributed by atoms with Gasteiger partial charge in [0.15, 0.2) is 0 Å². The fraction of sp³-hybridized carbons (Fsp3) is 0.0769. The van der Waals surface area contributed by atoms with E-state index in [-0.39, 0.29) is 12.2 Å². The van der Waals surface area contributed by atoms with Crippen molar-refractivity contribution >= 4 is 11.6 Å². The van der Waals surface area contributed by atoms with Crippen LogP contribution in [0, 0.1) is 5.82 Å². The topological polar surface area (TPSA) is 68.0 Å². The average Bonchev–Trinajstić information content (AvgIpc) is 2.41. The molecule has 0 atom stereocenters. The van der Waals surface area contributed by atoms with E-state index in [1.54, 1.807) is 24.3 Å². The normalized spacial score (nSPS) is 10.1. The maximum Gasteiger partial charge on any atom is 0.255 e. The van der Waals surface area contributed by atoms with Gasteiger partial charge >= 0.3 is 0 Å². The molecule has 3 N–H and O–H groups in total. The third-order valence-electron chi connectivity index (χ3n) is 2.41. The van der Waals surface area contributed by atoms with E-state index >= 15 is 0 Å². The number of nitrogens with two attached hydrogens (primary N) is 1. The molecule has 1 heterocycles. The van der Waals surface area contributed by atoms with Crippen LogP contribution in [0.5, 0.6) is 0 Å². The Hall–Kier alpha value is -2.27. The summed E-state index contributed by atoms with van der Waals surface area (Å²) in [6.07, 6.45) is 1.50. The summed E-state index contributed by atoms with van der Waals surface area (Å²) in [5.74, 6) is -0.865. The monoisotopic (exact) mass is 245 g/mol. The molecule has 0 fully saturated rings. The van der Waals surface area contributed by atoms with Crippen molar-refractivity contribution < 1.29 is 9.18 Å². The molecule has 0 aliphatic rings. The summed E-state index contributed by atoms with van der Waals surface area (Å²) >= 11 is 0. The highest BCUT2D eigenvalue weighted by molar-refractivity contribution is 6.04. The van der Waals surface area contributed by atoms with Crippen LogP contribution in [-0.4, -0.2) is 10.9 Å². The van der Waals surface area contributed by atoms with Crippen LogP contribution in [0.15, 0.2) is 42.6 Å². The molecular weight excluding hydrogens is 233 g/mol. The van der Waals surface area contributed by atoms with E-state index in [0.717, 1.165) is 0 Å². The Balaban J connectivity index is 2.19. The summed E-state index contributed by atoms with van der Waals surface area (Å²) in [6, 6.07) is 9.12. The molecule has 0 saturated carbocycles. The number of carbonyl (C=O) groups excluding carboxylic acids is 1. The van der Waals surface area contributed by atoms with Gasteiger partial charge in [0.2, 0.25) is 0 Å². The number of nitrogens with zero attached hydrogens (tertiary/aromatic N) is 1. The lowest BCUT2D eigenvalue weighted by molar-refractivity contribution is 0.102. The first-order chi connectivity index (χ1) is 8.70. The first-order valence-electron chi connectivity index (χ1n) is 5.41. The highest BCUT2D eigenvalue weighted by Gasteiger charge is 2.09. The molecular formula is C13H12FN3O. The largest absolute Gasteiger partial charge is 0.325 e. The standard InChI is InChI=1S/C13H12FN3O/c14-11-3-1-2-4-12(11)17-13(18)9-5-6-16-10(7-9)8-15/h1-7H,8,15H2,(H,17,18). The third-order valence-corrected chi connectivity index (χ3v) is 2.41. The lowest BCUT2D eigenvalue weighted by Gasteiger charge is -2.06. The summed E-state index contributed by atoms with van der Waals surface area (Å²) in [4.78, 5) is 15.9. The van der Waals surface area contributed by atoms with Crippen molar-refractivity contribution in [2.75, 3.05) is 5.32 Å². The van der Waals surface area contributed by atoms with E-state index in [4.69, 9.17) is 5.73 Å². The Morgan fingerprint density at radius 1 is 1.33 bits per heavy atom. The average molecular weight is 245 g/mol. The molecule has 1 aromatic carbocycles. The molecule has 0 spiro atoms. The number of anilines is 1. The van der Waals surface area contributed by atoms with Crippen molar-refractivity contribution in [2.45, 2.75) is 6.54 Å². The highest BCUT2D eigenvalue weighted by atomic mass is 19.1. The molecule has 0 aliphatic heterocycles. The van der Waals surface area contributed by atoms with Gasteiger partial charge in [0, 0.05) is 18.3 Å². The van der Waals surface area contributed by atoms with Crippen molar-refractivity contribution in [1.82, 2.24) is 4.98 Å². The summed E-state index contributed by atoms with van der Waals surface area (Å²) in [5.41, 5.74) is 6.59. The molecule has 1 aromatic heterocycles. The number of nitrogens with one attached hydrogen (secondary N) is 1. The Morgan fingerprint density at radius 3 is 2.83 bits per heavy atom. The van der Waals surface area contributed by atoms with Gasteiger partial charge in [0.25, 0.3) is 5.91 Å². The summed E-state index contributed by atoms with van der Waals surface area (Å²) in [7, 11) is 0. The van der Waals surface area contributed by atoms with E-state index in [1.807, 2.05) is 0 Å². The Bertz CT molecular complexity index is 572. The zero-order valence-electron chi connectivity index (χ0n) is 9.56. The molecule has 5 heteroatoms. The number of para-hydroxylation sites is 1. The Kier molecular flexibility index (Phi) is 3.64. The van der Waals surface area contributed by atoms with Crippen LogP contribution in [0.3, 0.4) is 0 Å². The number of aromatic nitrogens is 1. The second-order valence-corrected chi connectivity index (χ2v) is 3.67. The maximum atomic E-state index is 13.4. The molecule has 0 bridgehead atoms. The fourth-order valence-corrected chi connectivity index (χ4v) is 1.49.